The molecule has 6 rings (SSSR count). The third kappa shape index (κ3) is 1.94. The van der Waals surface area contributed by atoms with Gasteiger partial charge in [-0.15, -0.1) is 0 Å². The SMILES string of the molecule is COc1ccc2c(c1O)[C@]13CCN(C)C(C2)C1Cc1c([nH]c2ccccc12)C3. The molecule has 0 radical (unpaired) electrons. The molecule has 1 saturated heterocycles. The van der Waals surface area contributed by atoms with Gasteiger partial charge in [-0.1, -0.05) is 24.3 Å². The minimum Gasteiger partial charge on any atom is -0.504 e. The number of ether oxygens (including phenoxy) is 1. The predicted molar refractivity (Wildman–Crippen MR) is 110 cm³/mol. The van der Waals surface area contributed by atoms with Crippen LogP contribution in [0.25, 0.3) is 10.9 Å². The Morgan fingerprint density at radius 3 is 2.89 bits per heavy atom. The van der Waals surface area contributed by atoms with E-state index in [-0.39, 0.29) is 5.41 Å². The molecule has 2 heterocycles. The number of phenolic OH excluding ortho intramolecular Hbond substituents is 1. The van der Waals surface area contributed by atoms with Crippen LogP contribution in [0.15, 0.2) is 36.4 Å². The first-order valence-electron chi connectivity index (χ1n) is 10.3. The van der Waals surface area contributed by atoms with Crippen molar-refractivity contribution in [2.24, 2.45) is 5.92 Å². The third-order valence-electron chi connectivity index (χ3n) is 7.84. The number of hydrogen-bond acceptors (Lipinski definition) is 3. The number of likely N-dealkylation sites (N-methyl/N-ethyl adjacent to an activating group) is 1. The summed E-state index contributed by atoms with van der Waals surface area (Å²) in [5.74, 6) is 1.49. The summed E-state index contributed by atoms with van der Waals surface area (Å²) in [6, 6.07) is 13.3. The van der Waals surface area contributed by atoms with E-state index in [2.05, 4.69) is 47.3 Å². The molecule has 144 valence electrons. The highest BCUT2D eigenvalue weighted by molar-refractivity contribution is 5.85. The van der Waals surface area contributed by atoms with Gasteiger partial charge in [0, 0.05) is 33.6 Å². The number of aromatic nitrogens is 1. The molecule has 3 aliphatic rings. The molecule has 3 atom stereocenters. The van der Waals surface area contributed by atoms with Gasteiger partial charge in [-0.2, -0.15) is 0 Å². The average Bonchev–Trinajstić information content (AvgIpc) is 3.06. The zero-order valence-electron chi connectivity index (χ0n) is 16.5. The topological polar surface area (TPSA) is 48.5 Å². The average molecular weight is 374 g/mol. The summed E-state index contributed by atoms with van der Waals surface area (Å²) < 4.78 is 5.50. The Bertz CT molecular complexity index is 1100. The van der Waals surface area contributed by atoms with Crippen LogP contribution in [0.1, 0.15) is 28.8 Å². The third-order valence-corrected chi connectivity index (χ3v) is 7.84. The van der Waals surface area contributed by atoms with Crippen molar-refractivity contribution < 1.29 is 9.84 Å². The Hall–Kier alpha value is -2.46. The smallest absolute Gasteiger partial charge is 0.161 e. The molecular formula is C24H26N2O2. The first-order chi connectivity index (χ1) is 13.6. The normalized spacial score (nSPS) is 28.5. The second-order valence-electron chi connectivity index (χ2n) is 8.92. The quantitative estimate of drug-likeness (QED) is 0.681. The molecule has 4 heteroatoms. The van der Waals surface area contributed by atoms with Gasteiger partial charge in [0.2, 0.25) is 0 Å². The van der Waals surface area contributed by atoms with Gasteiger partial charge in [0.15, 0.2) is 11.5 Å². The number of fused-ring (bicyclic) bond motifs is 4. The molecule has 2 bridgehead atoms. The zero-order chi connectivity index (χ0) is 19.0. The van der Waals surface area contributed by atoms with Gasteiger partial charge in [-0.25, -0.2) is 0 Å². The van der Waals surface area contributed by atoms with Crippen LogP contribution in [-0.2, 0) is 24.7 Å². The van der Waals surface area contributed by atoms with Crippen LogP contribution in [0.3, 0.4) is 0 Å². The molecule has 2 N–H and O–H groups in total. The Labute approximate surface area is 165 Å². The number of piperidine rings is 1. The number of likely N-dealkylation sites (tertiary alicyclic amines) is 1. The van der Waals surface area contributed by atoms with Crippen molar-refractivity contribution in [1.82, 2.24) is 9.88 Å². The van der Waals surface area contributed by atoms with Crippen molar-refractivity contribution in [3.8, 4) is 11.5 Å². The van der Waals surface area contributed by atoms with E-state index >= 15 is 0 Å². The molecule has 0 saturated carbocycles. The minimum absolute atomic E-state index is 0.0166. The number of hydrogen-bond donors (Lipinski definition) is 2. The standard InChI is InChI=1S/C24H26N2O2/c1-26-10-9-24-13-19-16(15-5-3-4-6-18(15)25-19)12-17(24)20(26)11-14-7-8-21(28-2)23(27)22(14)24/h3-8,17,20,25,27H,9-13H2,1-2H3/t17?,20?,24-/m0/s1. The van der Waals surface area contributed by atoms with E-state index in [1.54, 1.807) is 7.11 Å². The number of H-pyrrole nitrogens is 1. The zero-order valence-corrected chi connectivity index (χ0v) is 16.5. The largest absolute Gasteiger partial charge is 0.504 e. The first kappa shape index (κ1) is 16.5. The number of nitrogens with zero attached hydrogens (tertiary/aromatic N) is 1. The van der Waals surface area contributed by atoms with Crippen LogP contribution in [0.2, 0.25) is 0 Å². The molecule has 1 aromatic heterocycles. The fourth-order valence-electron chi connectivity index (χ4n) is 6.56. The van der Waals surface area contributed by atoms with Gasteiger partial charge < -0.3 is 19.7 Å². The second-order valence-corrected chi connectivity index (χ2v) is 8.92. The van der Waals surface area contributed by atoms with Gasteiger partial charge in [-0.05, 0) is 68.5 Å². The molecule has 3 aromatic rings. The fraction of sp³-hybridized carbons (Fsp3) is 0.417. The van der Waals surface area contributed by atoms with Gasteiger partial charge >= 0.3 is 0 Å². The van der Waals surface area contributed by atoms with Crippen molar-refractivity contribution in [2.45, 2.75) is 37.1 Å². The number of nitrogens with one attached hydrogen (secondary N) is 1. The summed E-state index contributed by atoms with van der Waals surface area (Å²) in [6.07, 6.45) is 4.13. The molecule has 0 spiro atoms. The number of aromatic amines is 1. The molecule has 0 amide bonds. The summed E-state index contributed by atoms with van der Waals surface area (Å²) in [7, 11) is 3.92. The highest BCUT2D eigenvalue weighted by atomic mass is 16.5. The maximum Gasteiger partial charge on any atom is 0.161 e. The summed E-state index contributed by atoms with van der Waals surface area (Å²) in [5.41, 5.74) is 6.52. The Kier molecular flexibility index (Phi) is 3.26. The Morgan fingerprint density at radius 2 is 2.04 bits per heavy atom. The predicted octanol–water partition coefficient (Wildman–Crippen LogP) is 3.80. The molecule has 28 heavy (non-hydrogen) atoms. The van der Waals surface area contributed by atoms with Gasteiger partial charge in [0.05, 0.1) is 7.11 Å². The van der Waals surface area contributed by atoms with E-state index in [0.29, 0.717) is 23.5 Å². The summed E-state index contributed by atoms with van der Waals surface area (Å²) in [4.78, 5) is 6.26. The van der Waals surface area contributed by atoms with Crippen LogP contribution in [0, 0.1) is 5.92 Å². The molecule has 2 unspecified atom stereocenters. The molecule has 1 fully saturated rings. The van der Waals surface area contributed by atoms with E-state index in [9.17, 15) is 5.11 Å². The van der Waals surface area contributed by atoms with Crippen LogP contribution < -0.4 is 4.74 Å². The highest BCUT2D eigenvalue weighted by Gasteiger charge is 2.56. The molecule has 2 aromatic carbocycles. The lowest BCUT2D eigenvalue weighted by Crippen LogP contribution is -2.61. The fourth-order valence-corrected chi connectivity index (χ4v) is 6.56. The van der Waals surface area contributed by atoms with Crippen molar-refractivity contribution in [1.29, 1.82) is 0 Å². The van der Waals surface area contributed by atoms with Crippen molar-refractivity contribution >= 4 is 10.9 Å². The van der Waals surface area contributed by atoms with Crippen LogP contribution >= 0.6 is 0 Å². The lowest BCUT2D eigenvalue weighted by Gasteiger charge is -2.58. The van der Waals surface area contributed by atoms with E-state index < -0.39 is 0 Å². The van der Waals surface area contributed by atoms with Crippen LogP contribution in [0.5, 0.6) is 11.5 Å². The molecular weight excluding hydrogens is 348 g/mol. The molecule has 4 nitrogen and oxygen atoms in total. The van der Waals surface area contributed by atoms with Crippen molar-refractivity contribution in [3.05, 3.63) is 58.8 Å². The number of aromatic hydroxyl groups is 1. The van der Waals surface area contributed by atoms with Crippen molar-refractivity contribution in [2.75, 3.05) is 20.7 Å². The minimum atomic E-state index is -0.0166. The van der Waals surface area contributed by atoms with Crippen LogP contribution in [-0.4, -0.2) is 41.7 Å². The molecule has 2 aliphatic carbocycles. The lowest BCUT2D eigenvalue weighted by molar-refractivity contribution is 0.0225. The van der Waals surface area contributed by atoms with E-state index in [1.807, 2.05) is 6.07 Å². The first-order valence-corrected chi connectivity index (χ1v) is 10.3. The monoisotopic (exact) mass is 374 g/mol. The van der Waals surface area contributed by atoms with Crippen LogP contribution in [0.4, 0.5) is 0 Å². The number of phenols is 1. The summed E-state index contributed by atoms with van der Waals surface area (Å²) in [6.45, 7) is 1.08. The molecule has 1 aliphatic heterocycles. The van der Waals surface area contributed by atoms with Crippen molar-refractivity contribution in [3.63, 3.8) is 0 Å². The van der Waals surface area contributed by atoms with E-state index in [0.717, 1.165) is 37.8 Å². The Balaban J connectivity index is 1.61. The summed E-state index contributed by atoms with van der Waals surface area (Å²) >= 11 is 0. The Morgan fingerprint density at radius 1 is 1.18 bits per heavy atom. The maximum absolute atomic E-state index is 11.2. The second kappa shape index (κ2) is 5.54. The maximum atomic E-state index is 11.2. The highest BCUT2D eigenvalue weighted by Crippen LogP contribution is 2.58. The number of methoxy groups -OCH3 is 1. The number of rotatable bonds is 1. The van der Waals surface area contributed by atoms with Gasteiger partial charge in [-0.3, -0.25) is 0 Å². The lowest BCUT2D eigenvalue weighted by atomic mass is 9.52. The van der Waals surface area contributed by atoms with Gasteiger partial charge in [0.1, 0.15) is 0 Å². The van der Waals surface area contributed by atoms with Gasteiger partial charge in [0.25, 0.3) is 0 Å². The number of benzene rings is 2. The number of para-hydroxylation sites is 1. The van der Waals surface area contributed by atoms with E-state index in [4.69, 9.17) is 4.74 Å². The van der Waals surface area contributed by atoms with E-state index in [1.165, 1.54) is 27.7 Å². The summed E-state index contributed by atoms with van der Waals surface area (Å²) in [5, 5.41) is 12.6.